The number of carbonyl (C=O) groups is 1. The number of benzene rings is 1. The van der Waals surface area contributed by atoms with E-state index in [1.54, 1.807) is 0 Å². The van der Waals surface area contributed by atoms with Crippen molar-refractivity contribution in [2.75, 3.05) is 0 Å². The van der Waals surface area contributed by atoms with Crippen LogP contribution < -0.4 is 11.2 Å². The van der Waals surface area contributed by atoms with Crippen LogP contribution >= 0.6 is 11.3 Å². The predicted molar refractivity (Wildman–Crippen MR) is 89.5 cm³/mol. The molecule has 0 fully saturated rings. The van der Waals surface area contributed by atoms with Crippen LogP contribution in [-0.4, -0.2) is 17.4 Å². The normalized spacial score (nSPS) is 20.7. The number of rotatable bonds is 4. The van der Waals surface area contributed by atoms with E-state index in [1.165, 1.54) is 21.8 Å². The molecule has 0 amide bonds. The predicted octanol–water partition coefficient (Wildman–Crippen LogP) is 2.21. The third kappa shape index (κ3) is 3.34. The van der Waals surface area contributed by atoms with Crippen LogP contribution in [0.3, 0.4) is 0 Å². The zero-order valence-electron chi connectivity index (χ0n) is 12.8. The lowest BCUT2D eigenvalue weighted by molar-refractivity contribution is -0.132. The van der Waals surface area contributed by atoms with E-state index in [1.807, 2.05) is 6.07 Å². The Kier molecular flexibility index (Phi) is 4.29. The van der Waals surface area contributed by atoms with Gasteiger partial charge in [-0.1, -0.05) is 48.6 Å². The van der Waals surface area contributed by atoms with Gasteiger partial charge in [0.1, 0.15) is 0 Å². The molecule has 1 aromatic heterocycles. The van der Waals surface area contributed by atoms with Crippen molar-refractivity contribution in [2.45, 2.75) is 31.6 Å². The zero-order valence-corrected chi connectivity index (χ0v) is 13.6. The van der Waals surface area contributed by atoms with Crippen molar-refractivity contribution < 1.29 is 9.63 Å². The van der Waals surface area contributed by atoms with E-state index < -0.39 is 0 Å². The Labute approximate surface area is 138 Å². The van der Waals surface area contributed by atoms with E-state index in [4.69, 9.17) is 5.73 Å². The van der Waals surface area contributed by atoms with Crippen LogP contribution in [0.4, 0.5) is 5.13 Å². The second kappa shape index (κ2) is 6.37. The highest BCUT2D eigenvalue weighted by atomic mass is 32.1. The largest absolute Gasteiger partial charge is 0.367 e. The molecule has 0 saturated carbocycles. The number of nitrogens with one attached hydrogen (secondary N) is 1. The molecule has 1 unspecified atom stereocenters. The smallest absolute Gasteiger partial charge is 0.320 e. The minimum absolute atomic E-state index is 0.00835. The monoisotopic (exact) mass is 330 g/mol. The lowest BCUT2D eigenvalue weighted by Gasteiger charge is -2.33. The van der Waals surface area contributed by atoms with E-state index >= 15 is 0 Å². The van der Waals surface area contributed by atoms with Gasteiger partial charge >= 0.3 is 6.47 Å². The molecular formula is C16H18N4O2S. The van der Waals surface area contributed by atoms with Crippen molar-refractivity contribution in [2.24, 2.45) is 10.7 Å². The first kappa shape index (κ1) is 15.5. The zero-order chi connectivity index (χ0) is 16.3. The molecule has 3 rings (SSSR count). The van der Waals surface area contributed by atoms with E-state index in [9.17, 15) is 4.79 Å². The summed E-state index contributed by atoms with van der Waals surface area (Å²) >= 11 is 1.53. The summed E-state index contributed by atoms with van der Waals surface area (Å²) in [4.78, 5) is 24.4. The summed E-state index contributed by atoms with van der Waals surface area (Å²) < 4.78 is 0. The molecule has 0 radical (unpaired) electrons. The molecule has 1 heterocycles. The molecule has 120 valence electrons. The molecule has 0 saturated heterocycles. The third-order valence-corrected chi connectivity index (χ3v) is 5.18. The third-order valence-electron chi connectivity index (χ3n) is 4.13. The van der Waals surface area contributed by atoms with Gasteiger partial charge in [-0.25, -0.2) is 4.98 Å². The van der Waals surface area contributed by atoms with Gasteiger partial charge in [0.05, 0.1) is 5.69 Å². The van der Waals surface area contributed by atoms with E-state index in [-0.39, 0.29) is 17.8 Å². The minimum Gasteiger partial charge on any atom is -0.367 e. The van der Waals surface area contributed by atoms with Gasteiger partial charge in [0, 0.05) is 11.3 Å². The number of guanidine groups is 1. The fourth-order valence-corrected chi connectivity index (χ4v) is 3.86. The van der Waals surface area contributed by atoms with E-state index in [0.29, 0.717) is 5.13 Å². The Balaban J connectivity index is 1.81. The van der Waals surface area contributed by atoms with Crippen LogP contribution in [-0.2, 0) is 27.9 Å². The molecule has 0 bridgehead atoms. The Bertz CT molecular complexity index is 729. The first-order chi connectivity index (χ1) is 11.1. The van der Waals surface area contributed by atoms with Crippen LogP contribution in [0.15, 0.2) is 35.3 Å². The number of hydrogen-bond donors (Lipinski definition) is 2. The molecular weight excluding hydrogens is 312 g/mol. The molecule has 1 aliphatic rings. The van der Waals surface area contributed by atoms with Crippen molar-refractivity contribution in [1.82, 2.24) is 10.5 Å². The highest BCUT2D eigenvalue weighted by molar-refractivity contribution is 7.15. The number of nitrogens with zero attached hydrogens (tertiary/aromatic N) is 2. The maximum Gasteiger partial charge on any atom is 0.320 e. The summed E-state index contributed by atoms with van der Waals surface area (Å²) in [5.41, 5.74) is 10.4. The number of hydroxylamine groups is 1. The number of aliphatic imine (C=N–C) groups is 1. The van der Waals surface area contributed by atoms with Crippen molar-refractivity contribution >= 4 is 28.9 Å². The quantitative estimate of drug-likeness (QED) is 0.388. The second-order valence-corrected chi connectivity index (χ2v) is 6.85. The molecule has 7 heteroatoms. The summed E-state index contributed by atoms with van der Waals surface area (Å²) in [5, 5.41) is 0.576. The van der Waals surface area contributed by atoms with Gasteiger partial charge in [-0.3, -0.25) is 4.79 Å². The lowest BCUT2D eigenvalue weighted by Crippen LogP contribution is -2.30. The molecule has 1 aromatic carbocycles. The summed E-state index contributed by atoms with van der Waals surface area (Å²) in [5.74, 6) is 0.00835. The number of hydrogen-bond acceptors (Lipinski definition) is 5. The number of carbonyl (C=O) groups excluding carboxylic acids is 1. The molecule has 6 nitrogen and oxygen atoms in total. The van der Waals surface area contributed by atoms with Crippen molar-refractivity contribution in [3.63, 3.8) is 0 Å². The summed E-state index contributed by atoms with van der Waals surface area (Å²) in [6, 6.07) is 10.5. The molecule has 0 aliphatic heterocycles. The van der Waals surface area contributed by atoms with Gasteiger partial charge in [-0.05, 0) is 23.8 Å². The molecule has 1 aliphatic carbocycles. The van der Waals surface area contributed by atoms with Gasteiger partial charge in [0.2, 0.25) is 11.1 Å². The maximum atomic E-state index is 10.1. The van der Waals surface area contributed by atoms with Crippen LogP contribution in [0.2, 0.25) is 0 Å². The van der Waals surface area contributed by atoms with Gasteiger partial charge in [0.15, 0.2) is 0 Å². The number of aryl methyl sites for hydroxylation is 1. The van der Waals surface area contributed by atoms with Gasteiger partial charge in [-0.15, -0.1) is 0 Å². The first-order valence-corrected chi connectivity index (χ1v) is 8.16. The maximum absolute atomic E-state index is 10.1. The highest BCUT2D eigenvalue weighted by Gasteiger charge is 2.33. The lowest BCUT2D eigenvalue weighted by atomic mass is 9.72. The van der Waals surface area contributed by atoms with Crippen molar-refractivity contribution in [3.05, 3.63) is 46.5 Å². The molecule has 1 atom stereocenters. The van der Waals surface area contributed by atoms with Crippen LogP contribution in [0.25, 0.3) is 0 Å². The van der Waals surface area contributed by atoms with Gasteiger partial charge in [-0.2, -0.15) is 10.5 Å². The average Bonchev–Trinajstić information content (AvgIpc) is 2.94. The average molecular weight is 330 g/mol. The second-order valence-electron chi connectivity index (χ2n) is 5.78. The fraction of sp³-hybridized carbons (Fsp3) is 0.312. The number of thiazole rings is 1. The van der Waals surface area contributed by atoms with Crippen LogP contribution in [0.1, 0.15) is 29.5 Å². The van der Waals surface area contributed by atoms with Crippen LogP contribution in [0.5, 0.6) is 0 Å². The Hall–Kier alpha value is -2.41. The number of aromatic nitrogens is 1. The molecule has 23 heavy (non-hydrogen) atoms. The summed E-state index contributed by atoms with van der Waals surface area (Å²) in [7, 11) is 0. The number of fused-ring (bicyclic) bond motifs is 1. The number of nitrogens with two attached hydrogens (primary N) is 1. The Morgan fingerprint density at radius 3 is 3.00 bits per heavy atom. The Morgan fingerprint density at radius 1 is 1.48 bits per heavy atom. The van der Waals surface area contributed by atoms with Crippen molar-refractivity contribution in [1.29, 1.82) is 0 Å². The van der Waals surface area contributed by atoms with Gasteiger partial charge in [0.25, 0.3) is 0 Å². The topological polar surface area (TPSA) is 89.6 Å². The molecule has 2 aromatic rings. The Morgan fingerprint density at radius 2 is 2.26 bits per heavy atom. The van der Waals surface area contributed by atoms with E-state index in [2.05, 4.69) is 51.5 Å². The first-order valence-electron chi connectivity index (χ1n) is 7.34. The van der Waals surface area contributed by atoms with Crippen LogP contribution in [0, 0.1) is 0 Å². The fourth-order valence-electron chi connectivity index (χ4n) is 2.90. The SMILES string of the molecule is CC1(c2ccccc2)CCc2sc(N=C(N)NOC=O)nc2C1. The molecule has 3 N–H and O–H groups in total. The highest BCUT2D eigenvalue weighted by Crippen LogP contribution is 2.41. The molecule has 0 spiro atoms. The standard InChI is InChI=1S/C16H18N4O2S/c1-16(11-5-3-2-4-6-11)8-7-13-12(9-16)18-15(23-13)19-14(17)20-22-10-21/h2-6,10H,7-9H2,1H3,(H3,17,18,19,20). The minimum atomic E-state index is 0.00835. The van der Waals surface area contributed by atoms with Crippen molar-refractivity contribution in [3.8, 4) is 0 Å². The summed E-state index contributed by atoms with van der Waals surface area (Å²) in [6.45, 7) is 2.53. The van der Waals surface area contributed by atoms with Gasteiger partial charge < -0.3 is 10.6 Å². The van der Waals surface area contributed by atoms with E-state index in [0.717, 1.165) is 25.0 Å². The summed E-state index contributed by atoms with van der Waals surface area (Å²) in [6.07, 6.45) is 2.94.